The Bertz CT molecular complexity index is 765. The number of allylic oxidation sites excluding steroid dienone is 2. The molecule has 12 atom stereocenters. The first-order chi connectivity index (χ1) is 14.6. The fourth-order valence-corrected chi connectivity index (χ4v) is 9.58. The SMILES string of the molecule is C[C@H]1C2C(CC3C4CCC5CC(O)CCC5(C)C4C=CC32C)O[C@]12CCC(C)(O)CO2. The molecular formula is C27H42O4. The molecule has 4 aliphatic carbocycles. The molecule has 5 fully saturated rings. The Labute approximate surface area is 187 Å². The molecule has 2 heterocycles. The summed E-state index contributed by atoms with van der Waals surface area (Å²) in [5.74, 6) is 3.11. The number of hydrogen-bond acceptors (Lipinski definition) is 4. The first kappa shape index (κ1) is 21.1. The second-order valence-corrected chi connectivity index (χ2v) is 13.0. The summed E-state index contributed by atoms with van der Waals surface area (Å²) in [7, 11) is 0. The monoisotopic (exact) mass is 430 g/mol. The second kappa shape index (κ2) is 6.58. The van der Waals surface area contributed by atoms with Gasteiger partial charge in [0, 0.05) is 18.3 Å². The molecule has 6 aliphatic rings. The molecular weight excluding hydrogens is 388 g/mol. The van der Waals surface area contributed by atoms with E-state index >= 15 is 0 Å². The van der Waals surface area contributed by atoms with Crippen molar-refractivity contribution in [2.24, 2.45) is 46.3 Å². The molecule has 4 nitrogen and oxygen atoms in total. The number of ether oxygens (including phenoxy) is 2. The maximum absolute atomic E-state index is 10.4. The Morgan fingerprint density at radius 1 is 1.00 bits per heavy atom. The van der Waals surface area contributed by atoms with Crippen LogP contribution < -0.4 is 0 Å². The second-order valence-electron chi connectivity index (χ2n) is 13.0. The van der Waals surface area contributed by atoms with Gasteiger partial charge in [0.05, 0.1) is 24.4 Å². The average molecular weight is 431 g/mol. The van der Waals surface area contributed by atoms with Crippen molar-refractivity contribution in [3.05, 3.63) is 12.2 Å². The summed E-state index contributed by atoms with van der Waals surface area (Å²) in [6, 6.07) is 0. The van der Waals surface area contributed by atoms with Gasteiger partial charge in [-0.2, -0.15) is 0 Å². The molecule has 2 aliphatic heterocycles. The molecule has 31 heavy (non-hydrogen) atoms. The molecule has 1 spiro atoms. The summed E-state index contributed by atoms with van der Waals surface area (Å²) >= 11 is 0. The third-order valence-corrected chi connectivity index (χ3v) is 11.4. The number of rotatable bonds is 0. The largest absolute Gasteiger partial charge is 0.393 e. The van der Waals surface area contributed by atoms with E-state index in [1.54, 1.807) is 0 Å². The Morgan fingerprint density at radius 2 is 1.81 bits per heavy atom. The predicted octanol–water partition coefficient (Wildman–Crippen LogP) is 4.68. The number of hydrogen-bond donors (Lipinski definition) is 2. The highest BCUT2D eigenvalue weighted by Crippen LogP contribution is 2.69. The molecule has 10 unspecified atom stereocenters. The van der Waals surface area contributed by atoms with Gasteiger partial charge in [0.25, 0.3) is 0 Å². The Kier molecular flexibility index (Phi) is 4.49. The normalized spacial score (nSPS) is 62.8. The fourth-order valence-electron chi connectivity index (χ4n) is 9.58. The predicted molar refractivity (Wildman–Crippen MR) is 119 cm³/mol. The molecule has 0 amide bonds. The topological polar surface area (TPSA) is 58.9 Å². The molecule has 2 N–H and O–H groups in total. The standard InChI is InChI=1S/C27H42O4/c1-16-23-22(31-27(16)12-11-24(2,29)15-30-27)14-21-19-6-5-17-13-18(28)7-9-25(17,3)20(19)8-10-26(21,23)4/h8,10,16-23,28-29H,5-7,9,11-15H2,1-4H3/t16-,17?,18?,19?,20?,21?,22?,23?,24?,25?,26?,27+/m0/s1. The van der Waals surface area contributed by atoms with Crippen molar-refractivity contribution in [1.82, 2.24) is 0 Å². The molecule has 2 saturated heterocycles. The van der Waals surface area contributed by atoms with Gasteiger partial charge >= 0.3 is 0 Å². The van der Waals surface area contributed by atoms with E-state index in [-0.39, 0.29) is 17.6 Å². The van der Waals surface area contributed by atoms with E-state index in [1.165, 1.54) is 19.3 Å². The Balaban J connectivity index is 1.29. The lowest BCUT2D eigenvalue weighted by Gasteiger charge is -2.59. The molecule has 3 saturated carbocycles. The molecule has 0 radical (unpaired) electrons. The van der Waals surface area contributed by atoms with Crippen LogP contribution in [-0.4, -0.2) is 40.4 Å². The minimum Gasteiger partial charge on any atom is -0.393 e. The molecule has 6 rings (SSSR count). The zero-order valence-corrected chi connectivity index (χ0v) is 19.8. The van der Waals surface area contributed by atoms with Gasteiger partial charge in [-0.1, -0.05) is 32.9 Å². The highest BCUT2D eigenvalue weighted by molar-refractivity contribution is 5.24. The lowest BCUT2D eigenvalue weighted by atomic mass is 9.46. The number of aliphatic hydroxyl groups is 2. The lowest BCUT2D eigenvalue weighted by Crippen LogP contribution is -2.54. The van der Waals surface area contributed by atoms with E-state index in [9.17, 15) is 10.2 Å². The summed E-state index contributed by atoms with van der Waals surface area (Å²) < 4.78 is 13.1. The molecule has 0 aromatic carbocycles. The quantitative estimate of drug-likeness (QED) is 0.548. The summed E-state index contributed by atoms with van der Waals surface area (Å²) in [4.78, 5) is 0. The molecule has 174 valence electrons. The Morgan fingerprint density at radius 3 is 2.55 bits per heavy atom. The van der Waals surface area contributed by atoms with Crippen molar-refractivity contribution in [3.8, 4) is 0 Å². The highest BCUT2D eigenvalue weighted by atomic mass is 16.7. The van der Waals surface area contributed by atoms with Gasteiger partial charge in [-0.15, -0.1) is 0 Å². The van der Waals surface area contributed by atoms with E-state index in [0.29, 0.717) is 41.6 Å². The molecule has 0 aromatic heterocycles. The van der Waals surface area contributed by atoms with Gasteiger partial charge in [-0.05, 0) is 86.4 Å². The van der Waals surface area contributed by atoms with Crippen LogP contribution in [0, 0.1) is 46.3 Å². The average Bonchev–Trinajstić information content (AvgIpc) is 3.16. The van der Waals surface area contributed by atoms with Crippen molar-refractivity contribution in [2.45, 2.75) is 103 Å². The van der Waals surface area contributed by atoms with Gasteiger partial charge in [0.15, 0.2) is 5.79 Å². The van der Waals surface area contributed by atoms with Crippen LogP contribution in [0.3, 0.4) is 0 Å². The summed E-state index contributed by atoms with van der Waals surface area (Å²) in [6.45, 7) is 9.63. The smallest absolute Gasteiger partial charge is 0.171 e. The van der Waals surface area contributed by atoms with E-state index in [2.05, 4.69) is 32.9 Å². The van der Waals surface area contributed by atoms with E-state index in [0.717, 1.165) is 38.0 Å². The zero-order chi connectivity index (χ0) is 21.8. The summed E-state index contributed by atoms with van der Waals surface area (Å²) in [5.41, 5.74) is -0.197. The lowest BCUT2D eigenvalue weighted by molar-refractivity contribution is -0.293. The maximum atomic E-state index is 10.4. The molecule has 0 bridgehead atoms. The van der Waals surface area contributed by atoms with Crippen molar-refractivity contribution < 1.29 is 19.7 Å². The zero-order valence-electron chi connectivity index (χ0n) is 19.8. The highest BCUT2D eigenvalue weighted by Gasteiger charge is 2.68. The number of fused-ring (bicyclic) bond motifs is 7. The van der Waals surface area contributed by atoms with Crippen LogP contribution in [0.2, 0.25) is 0 Å². The van der Waals surface area contributed by atoms with Gasteiger partial charge in [-0.25, -0.2) is 0 Å². The first-order valence-electron chi connectivity index (χ1n) is 13.0. The Hall–Kier alpha value is -0.420. The van der Waals surface area contributed by atoms with Crippen molar-refractivity contribution in [2.75, 3.05) is 6.61 Å². The molecule has 4 heteroatoms. The fraction of sp³-hybridized carbons (Fsp3) is 0.926. The van der Waals surface area contributed by atoms with E-state index in [4.69, 9.17) is 9.47 Å². The van der Waals surface area contributed by atoms with Gasteiger partial charge in [-0.3, -0.25) is 0 Å². The van der Waals surface area contributed by atoms with Crippen LogP contribution in [0.1, 0.15) is 79.1 Å². The summed E-state index contributed by atoms with van der Waals surface area (Å²) in [6.07, 6.45) is 13.8. The van der Waals surface area contributed by atoms with Crippen LogP contribution in [0.15, 0.2) is 12.2 Å². The maximum Gasteiger partial charge on any atom is 0.171 e. The van der Waals surface area contributed by atoms with E-state index < -0.39 is 11.4 Å². The van der Waals surface area contributed by atoms with Crippen LogP contribution in [0.4, 0.5) is 0 Å². The van der Waals surface area contributed by atoms with Crippen LogP contribution in [0.25, 0.3) is 0 Å². The van der Waals surface area contributed by atoms with Crippen LogP contribution in [0.5, 0.6) is 0 Å². The minimum atomic E-state index is -0.724. The van der Waals surface area contributed by atoms with Crippen LogP contribution >= 0.6 is 0 Å². The third kappa shape index (κ3) is 2.80. The first-order valence-corrected chi connectivity index (χ1v) is 13.0. The van der Waals surface area contributed by atoms with Gasteiger partial charge < -0.3 is 19.7 Å². The van der Waals surface area contributed by atoms with Crippen LogP contribution in [-0.2, 0) is 9.47 Å². The van der Waals surface area contributed by atoms with Gasteiger partial charge in [0.1, 0.15) is 0 Å². The molecule has 0 aromatic rings. The minimum absolute atomic E-state index is 0.0833. The van der Waals surface area contributed by atoms with Crippen molar-refractivity contribution in [3.63, 3.8) is 0 Å². The van der Waals surface area contributed by atoms with Crippen molar-refractivity contribution in [1.29, 1.82) is 0 Å². The number of aliphatic hydroxyl groups excluding tert-OH is 1. The third-order valence-electron chi connectivity index (χ3n) is 11.4. The van der Waals surface area contributed by atoms with Gasteiger partial charge in [0.2, 0.25) is 0 Å². The van der Waals surface area contributed by atoms with E-state index in [1.807, 2.05) is 6.92 Å². The van der Waals surface area contributed by atoms with Crippen molar-refractivity contribution >= 4 is 0 Å². The summed E-state index contributed by atoms with van der Waals surface area (Å²) in [5, 5.41) is 20.7.